The molecule has 4 nitrogen and oxygen atoms in total. The molecule has 0 unspecified atom stereocenters. The second-order valence-corrected chi connectivity index (χ2v) is 6.18. The van der Waals surface area contributed by atoms with Gasteiger partial charge in [0.15, 0.2) is 5.78 Å². The van der Waals surface area contributed by atoms with E-state index in [1.165, 1.54) is 0 Å². The third-order valence-corrected chi connectivity index (χ3v) is 4.60. The summed E-state index contributed by atoms with van der Waals surface area (Å²) in [4.78, 5) is 12.4. The molecule has 0 N–H and O–H groups in total. The Bertz CT molecular complexity index is 492. The average molecular weight is 357 g/mol. The van der Waals surface area contributed by atoms with E-state index in [-0.39, 0.29) is 11.4 Å². The van der Waals surface area contributed by atoms with E-state index in [1.807, 2.05) is 12.1 Å². The van der Waals surface area contributed by atoms with Crippen molar-refractivity contribution < 1.29 is 19.0 Å². The van der Waals surface area contributed by atoms with Crippen molar-refractivity contribution in [1.82, 2.24) is 0 Å². The van der Waals surface area contributed by atoms with E-state index in [4.69, 9.17) is 14.2 Å². The lowest BCUT2D eigenvalue weighted by molar-refractivity contribution is -0.0704. The molecule has 2 rings (SSSR count). The summed E-state index contributed by atoms with van der Waals surface area (Å²) in [6, 6.07) is 5.43. The fraction of sp³-hybridized carbons (Fsp3) is 0.562. The first-order chi connectivity index (χ1) is 10.1. The van der Waals surface area contributed by atoms with Crippen molar-refractivity contribution in [2.45, 2.75) is 31.3 Å². The fourth-order valence-electron chi connectivity index (χ4n) is 2.45. The van der Waals surface area contributed by atoms with Crippen LogP contribution in [-0.4, -0.2) is 38.8 Å². The Labute approximate surface area is 133 Å². The van der Waals surface area contributed by atoms with Crippen LogP contribution >= 0.6 is 15.9 Å². The molecule has 0 amide bonds. The van der Waals surface area contributed by atoms with Crippen molar-refractivity contribution in [3.05, 3.63) is 28.2 Å². The second-order valence-electron chi connectivity index (χ2n) is 5.33. The standard InChI is InChI=1S/C16H21BrO4/c1-19-8-9-21-15-5-4-12(10-13(15)17)14(18)11-16(20-2)6-3-7-16/h4-5,10H,3,6-9,11H2,1-2H3. The van der Waals surface area contributed by atoms with Crippen molar-refractivity contribution >= 4 is 21.7 Å². The van der Waals surface area contributed by atoms with E-state index in [9.17, 15) is 4.79 Å². The molecule has 0 bridgehead atoms. The number of halogens is 1. The minimum Gasteiger partial charge on any atom is -0.490 e. The Kier molecular flexibility index (Phi) is 5.79. The van der Waals surface area contributed by atoms with Crippen molar-refractivity contribution in [2.24, 2.45) is 0 Å². The van der Waals surface area contributed by atoms with Gasteiger partial charge in [-0.2, -0.15) is 0 Å². The van der Waals surface area contributed by atoms with Crippen LogP contribution in [0.3, 0.4) is 0 Å². The van der Waals surface area contributed by atoms with Gasteiger partial charge >= 0.3 is 0 Å². The predicted octanol–water partition coefficient (Wildman–Crippen LogP) is 3.62. The largest absolute Gasteiger partial charge is 0.490 e. The van der Waals surface area contributed by atoms with E-state index in [1.54, 1.807) is 20.3 Å². The van der Waals surface area contributed by atoms with E-state index in [0.717, 1.165) is 23.7 Å². The molecular formula is C16H21BrO4. The summed E-state index contributed by atoms with van der Waals surface area (Å²) in [7, 11) is 3.32. The van der Waals surface area contributed by atoms with Gasteiger partial charge < -0.3 is 14.2 Å². The molecule has 0 saturated heterocycles. The summed E-state index contributed by atoms with van der Waals surface area (Å²) < 4.78 is 16.8. The van der Waals surface area contributed by atoms with Crippen LogP contribution in [0, 0.1) is 0 Å². The van der Waals surface area contributed by atoms with E-state index < -0.39 is 0 Å². The lowest BCUT2D eigenvalue weighted by atomic mass is 9.76. The first kappa shape index (κ1) is 16.5. The van der Waals surface area contributed by atoms with Crippen molar-refractivity contribution in [1.29, 1.82) is 0 Å². The maximum atomic E-state index is 12.4. The topological polar surface area (TPSA) is 44.8 Å². The zero-order valence-corrected chi connectivity index (χ0v) is 14.1. The quantitative estimate of drug-likeness (QED) is 0.527. The summed E-state index contributed by atoms with van der Waals surface area (Å²) in [6.07, 6.45) is 3.51. The molecule has 5 heteroatoms. The smallest absolute Gasteiger partial charge is 0.165 e. The first-order valence-electron chi connectivity index (χ1n) is 7.10. The summed E-state index contributed by atoms with van der Waals surface area (Å²) >= 11 is 3.45. The van der Waals surface area contributed by atoms with Gasteiger partial charge in [0, 0.05) is 26.2 Å². The monoisotopic (exact) mass is 356 g/mol. The van der Waals surface area contributed by atoms with Gasteiger partial charge in [-0.25, -0.2) is 0 Å². The number of ketones is 1. The molecule has 1 aliphatic carbocycles. The normalized spacial score (nSPS) is 16.3. The summed E-state index contributed by atoms with van der Waals surface area (Å²) in [5.41, 5.74) is 0.446. The number of hydrogen-bond donors (Lipinski definition) is 0. The van der Waals surface area contributed by atoms with Gasteiger partial charge in [-0.1, -0.05) is 0 Å². The van der Waals surface area contributed by atoms with Crippen molar-refractivity contribution in [2.75, 3.05) is 27.4 Å². The van der Waals surface area contributed by atoms with Crippen LogP contribution in [0.15, 0.2) is 22.7 Å². The Morgan fingerprint density at radius 2 is 2.05 bits per heavy atom. The van der Waals surface area contributed by atoms with E-state index in [2.05, 4.69) is 15.9 Å². The van der Waals surface area contributed by atoms with Gasteiger partial charge in [0.1, 0.15) is 12.4 Å². The predicted molar refractivity (Wildman–Crippen MR) is 84.1 cm³/mol. The second kappa shape index (κ2) is 7.38. The molecule has 0 radical (unpaired) electrons. The molecule has 1 fully saturated rings. The van der Waals surface area contributed by atoms with Crippen molar-refractivity contribution in [3.8, 4) is 5.75 Å². The molecular weight excluding hydrogens is 336 g/mol. The van der Waals surface area contributed by atoms with Gasteiger partial charge in [-0.15, -0.1) is 0 Å². The third kappa shape index (κ3) is 4.05. The molecule has 0 heterocycles. The summed E-state index contributed by atoms with van der Waals surface area (Å²) in [5, 5.41) is 0. The average Bonchev–Trinajstić information content (AvgIpc) is 2.44. The lowest BCUT2D eigenvalue weighted by Gasteiger charge is -2.40. The van der Waals surface area contributed by atoms with Crippen LogP contribution in [0.25, 0.3) is 0 Å². The first-order valence-corrected chi connectivity index (χ1v) is 7.89. The molecule has 116 valence electrons. The van der Waals surface area contributed by atoms with Crippen LogP contribution in [-0.2, 0) is 9.47 Å². The van der Waals surface area contributed by atoms with Crippen LogP contribution in [0.1, 0.15) is 36.0 Å². The third-order valence-electron chi connectivity index (χ3n) is 3.98. The molecule has 1 aliphatic rings. The number of carbonyl (C=O) groups is 1. The minimum atomic E-state index is -0.239. The fourth-order valence-corrected chi connectivity index (χ4v) is 2.94. The van der Waals surface area contributed by atoms with Crippen LogP contribution in [0.4, 0.5) is 0 Å². The number of carbonyl (C=O) groups excluding carboxylic acids is 1. The SMILES string of the molecule is COCCOc1ccc(C(=O)CC2(OC)CCC2)cc1Br. The van der Waals surface area contributed by atoms with Crippen molar-refractivity contribution in [3.63, 3.8) is 0 Å². The molecule has 0 atom stereocenters. The maximum absolute atomic E-state index is 12.4. The summed E-state index contributed by atoms with van der Waals surface area (Å²) in [5.74, 6) is 0.828. The summed E-state index contributed by atoms with van der Waals surface area (Å²) in [6.45, 7) is 1.01. The lowest BCUT2D eigenvalue weighted by Crippen LogP contribution is -2.41. The molecule has 21 heavy (non-hydrogen) atoms. The molecule has 0 aliphatic heterocycles. The molecule has 1 aromatic carbocycles. The number of benzene rings is 1. The van der Waals surface area contributed by atoms with Gasteiger partial charge in [-0.3, -0.25) is 4.79 Å². The number of ether oxygens (including phenoxy) is 3. The highest BCUT2D eigenvalue weighted by Crippen LogP contribution is 2.39. The Morgan fingerprint density at radius 3 is 2.57 bits per heavy atom. The molecule has 0 spiro atoms. The highest BCUT2D eigenvalue weighted by Gasteiger charge is 2.39. The van der Waals surface area contributed by atoms with Crippen LogP contribution < -0.4 is 4.74 Å². The van der Waals surface area contributed by atoms with Crippen LogP contribution in [0.5, 0.6) is 5.75 Å². The van der Waals surface area contributed by atoms with Gasteiger partial charge in [0.05, 0.1) is 16.7 Å². The zero-order valence-electron chi connectivity index (χ0n) is 12.5. The van der Waals surface area contributed by atoms with Crippen LogP contribution in [0.2, 0.25) is 0 Å². The molecule has 0 aromatic heterocycles. The maximum Gasteiger partial charge on any atom is 0.165 e. The number of hydrogen-bond acceptors (Lipinski definition) is 4. The van der Waals surface area contributed by atoms with Gasteiger partial charge in [-0.05, 0) is 53.4 Å². The van der Waals surface area contributed by atoms with Gasteiger partial charge in [0.2, 0.25) is 0 Å². The highest BCUT2D eigenvalue weighted by molar-refractivity contribution is 9.10. The Balaban J connectivity index is 2.00. The molecule has 1 aromatic rings. The minimum absolute atomic E-state index is 0.112. The highest BCUT2D eigenvalue weighted by atomic mass is 79.9. The number of methoxy groups -OCH3 is 2. The van der Waals surface area contributed by atoms with Gasteiger partial charge in [0.25, 0.3) is 0 Å². The van der Waals surface area contributed by atoms with E-state index in [0.29, 0.717) is 30.9 Å². The number of Topliss-reactive ketones (excluding diaryl/α,β-unsaturated/α-hetero) is 1. The Morgan fingerprint density at radius 1 is 1.29 bits per heavy atom. The molecule has 1 saturated carbocycles. The zero-order chi connectivity index (χ0) is 15.3. The Hall–Kier alpha value is -0.910. The van der Waals surface area contributed by atoms with E-state index >= 15 is 0 Å². The number of rotatable bonds is 8.